The molecule has 31 heavy (non-hydrogen) atoms. The Morgan fingerprint density at radius 1 is 1.26 bits per heavy atom. The topological polar surface area (TPSA) is 54.9 Å². The van der Waals surface area contributed by atoms with Crippen LogP contribution in [-0.2, 0) is 4.74 Å². The van der Waals surface area contributed by atoms with E-state index >= 15 is 0 Å². The monoisotopic (exact) mass is 525 g/mol. The fraction of sp³-hybridized carbons (Fsp3) is 0.364. The van der Waals surface area contributed by atoms with E-state index in [1.807, 2.05) is 36.4 Å². The molecule has 6 nitrogen and oxygen atoms in total. The molecule has 1 saturated heterocycles. The van der Waals surface area contributed by atoms with Gasteiger partial charge in [-0.15, -0.1) is 12.4 Å². The average molecular weight is 527 g/mol. The molecule has 2 heterocycles. The molecular weight excluding hydrogens is 502 g/mol. The lowest BCUT2D eigenvalue weighted by atomic mass is 10.2. The summed E-state index contributed by atoms with van der Waals surface area (Å²) in [4.78, 5) is 22.4. The zero-order valence-corrected chi connectivity index (χ0v) is 20.5. The SMILES string of the molecule is COc1cccc(C(=O)N(CCCN2CCOCC2)c2nc3ccc(Br)cc3s2)c1.Cl. The van der Waals surface area contributed by atoms with Crippen molar-refractivity contribution in [2.45, 2.75) is 6.42 Å². The summed E-state index contributed by atoms with van der Waals surface area (Å²) in [6, 6.07) is 13.3. The molecule has 1 fully saturated rings. The molecule has 4 rings (SSSR count). The molecule has 166 valence electrons. The Hall–Kier alpha value is -1.71. The lowest BCUT2D eigenvalue weighted by Gasteiger charge is -2.27. The zero-order valence-electron chi connectivity index (χ0n) is 17.3. The summed E-state index contributed by atoms with van der Waals surface area (Å²) in [6.07, 6.45) is 0.870. The fourth-order valence-electron chi connectivity index (χ4n) is 3.47. The van der Waals surface area contributed by atoms with E-state index in [1.165, 1.54) is 11.3 Å². The van der Waals surface area contributed by atoms with Gasteiger partial charge in [0.05, 0.1) is 30.5 Å². The molecule has 0 unspecified atom stereocenters. The van der Waals surface area contributed by atoms with E-state index in [0.29, 0.717) is 17.9 Å². The molecule has 1 aromatic heterocycles. The maximum absolute atomic E-state index is 13.4. The Bertz CT molecular complexity index is 1030. The van der Waals surface area contributed by atoms with Crippen LogP contribution in [-0.4, -0.2) is 62.3 Å². The van der Waals surface area contributed by atoms with Crippen LogP contribution in [0.25, 0.3) is 10.2 Å². The number of hydrogen-bond acceptors (Lipinski definition) is 6. The molecular formula is C22H25BrClN3O3S. The van der Waals surface area contributed by atoms with Gasteiger partial charge in [-0.3, -0.25) is 14.6 Å². The number of anilines is 1. The number of carbonyl (C=O) groups is 1. The van der Waals surface area contributed by atoms with Crippen molar-refractivity contribution in [3.05, 3.63) is 52.5 Å². The minimum atomic E-state index is -0.0611. The first kappa shape index (κ1) is 23.9. The van der Waals surface area contributed by atoms with E-state index < -0.39 is 0 Å². The predicted octanol–water partition coefficient (Wildman–Crippen LogP) is 4.86. The third-order valence-corrected chi connectivity index (χ3v) is 6.63. The molecule has 1 amide bonds. The van der Waals surface area contributed by atoms with Crippen LogP contribution >= 0.6 is 39.7 Å². The quantitative estimate of drug-likeness (QED) is 0.440. The Morgan fingerprint density at radius 2 is 2.06 bits per heavy atom. The Kier molecular flexibility index (Phi) is 8.68. The fourth-order valence-corrected chi connectivity index (χ4v) is 5.02. The highest BCUT2D eigenvalue weighted by Crippen LogP contribution is 2.32. The lowest BCUT2D eigenvalue weighted by Crippen LogP contribution is -2.39. The van der Waals surface area contributed by atoms with Crippen molar-refractivity contribution in [2.75, 3.05) is 51.4 Å². The molecule has 0 bridgehead atoms. The molecule has 0 N–H and O–H groups in total. The number of morpholine rings is 1. The second-order valence-electron chi connectivity index (χ2n) is 7.10. The number of halogens is 2. The number of methoxy groups -OCH3 is 1. The number of aromatic nitrogens is 1. The van der Waals surface area contributed by atoms with Crippen molar-refractivity contribution in [3.8, 4) is 5.75 Å². The molecule has 0 atom stereocenters. The Balaban J connectivity index is 0.00000272. The third kappa shape index (κ3) is 5.96. The number of nitrogens with zero attached hydrogens (tertiary/aromatic N) is 3. The number of carbonyl (C=O) groups excluding carboxylic acids is 1. The highest BCUT2D eigenvalue weighted by molar-refractivity contribution is 9.10. The standard InChI is InChI=1S/C22H24BrN3O3S.ClH/c1-28-18-5-2-4-16(14-18)21(27)26(9-3-8-25-10-12-29-13-11-25)22-24-19-7-6-17(23)15-20(19)30-22;/h2,4-7,14-15H,3,8-13H2,1H3;1H. The van der Waals surface area contributed by atoms with Gasteiger partial charge < -0.3 is 9.47 Å². The van der Waals surface area contributed by atoms with Gasteiger partial charge in [-0.1, -0.05) is 33.3 Å². The van der Waals surface area contributed by atoms with Crippen LogP contribution in [0.3, 0.4) is 0 Å². The number of benzene rings is 2. The van der Waals surface area contributed by atoms with Gasteiger partial charge in [0.2, 0.25) is 0 Å². The van der Waals surface area contributed by atoms with Crippen molar-refractivity contribution in [3.63, 3.8) is 0 Å². The summed E-state index contributed by atoms with van der Waals surface area (Å²) in [5.74, 6) is 0.608. The van der Waals surface area contributed by atoms with Gasteiger partial charge in [-0.05, 0) is 42.8 Å². The number of rotatable bonds is 7. The summed E-state index contributed by atoms with van der Waals surface area (Å²) in [5.41, 5.74) is 1.50. The van der Waals surface area contributed by atoms with Gasteiger partial charge in [-0.25, -0.2) is 4.98 Å². The van der Waals surface area contributed by atoms with E-state index in [1.54, 1.807) is 18.1 Å². The first-order valence-electron chi connectivity index (χ1n) is 9.96. The summed E-state index contributed by atoms with van der Waals surface area (Å²) in [6.45, 7) is 4.98. The van der Waals surface area contributed by atoms with E-state index in [0.717, 1.165) is 59.1 Å². The van der Waals surface area contributed by atoms with Gasteiger partial charge in [0.1, 0.15) is 5.75 Å². The number of ether oxygens (including phenoxy) is 2. The van der Waals surface area contributed by atoms with Gasteiger partial charge in [0.15, 0.2) is 5.13 Å². The Morgan fingerprint density at radius 3 is 2.84 bits per heavy atom. The second kappa shape index (κ2) is 11.2. The summed E-state index contributed by atoms with van der Waals surface area (Å²) >= 11 is 5.05. The third-order valence-electron chi connectivity index (χ3n) is 5.09. The highest BCUT2D eigenvalue weighted by Gasteiger charge is 2.22. The summed E-state index contributed by atoms with van der Waals surface area (Å²) in [7, 11) is 1.61. The van der Waals surface area contributed by atoms with Gasteiger partial charge >= 0.3 is 0 Å². The maximum Gasteiger partial charge on any atom is 0.260 e. The molecule has 0 saturated carbocycles. The molecule has 3 aromatic rings. The van der Waals surface area contributed by atoms with Crippen molar-refractivity contribution in [1.29, 1.82) is 0 Å². The minimum Gasteiger partial charge on any atom is -0.497 e. The van der Waals surface area contributed by atoms with Crippen LogP contribution in [0.2, 0.25) is 0 Å². The van der Waals surface area contributed by atoms with Crippen LogP contribution in [0.1, 0.15) is 16.8 Å². The van der Waals surface area contributed by atoms with E-state index in [9.17, 15) is 4.79 Å². The minimum absolute atomic E-state index is 0. The van der Waals surface area contributed by atoms with Crippen LogP contribution in [0.15, 0.2) is 46.9 Å². The van der Waals surface area contributed by atoms with E-state index in [2.05, 4.69) is 20.8 Å². The van der Waals surface area contributed by atoms with Crippen LogP contribution in [0.5, 0.6) is 5.75 Å². The predicted molar refractivity (Wildman–Crippen MR) is 131 cm³/mol. The molecule has 1 aliphatic heterocycles. The number of hydrogen-bond donors (Lipinski definition) is 0. The smallest absolute Gasteiger partial charge is 0.260 e. The number of amides is 1. The van der Waals surface area contributed by atoms with Crippen molar-refractivity contribution >= 4 is 60.9 Å². The zero-order chi connectivity index (χ0) is 20.9. The molecule has 0 radical (unpaired) electrons. The van der Waals surface area contributed by atoms with Gasteiger partial charge in [-0.2, -0.15) is 0 Å². The molecule has 1 aliphatic rings. The lowest BCUT2D eigenvalue weighted by molar-refractivity contribution is 0.0376. The van der Waals surface area contributed by atoms with Crippen LogP contribution < -0.4 is 9.64 Å². The molecule has 0 spiro atoms. The van der Waals surface area contributed by atoms with E-state index in [-0.39, 0.29) is 18.3 Å². The maximum atomic E-state index is 13.4. The van der Waals surface area contributed by atoms with Gasteiger partial charge in [0.25, 0.3) is 5.91 Å². The van der Waals surface area contributed by atoms with E-state index in [4.69, 9.17) is 14.5 Å². The first-order chi connectivity index (χ1) is 14.6. The highest BCUT2D eigenvalue weighted by atomic mass is 79.9. The number of thiazole rings is 1. The molecule has 9 heteroatoms. The molecule has 2 aromatic carbocycles. The molecule has 0 aliphatic carbocycles. The summed E-state index contributed by atoms with van der Waals surface area (Å²) < 4.78 is 12.8. The van der Waals surface area contributed by atoms with Gasteiger partial charge in [0, 0.05) is 36.2 Å². The van der Waals surface area contributed by atoms with Crippen LogP contribution in [0, 0.1) is 0 Å². The van der Waals surface area contributed by atoms with Crippen molar-refractivity contribution < 1.29 is 14.3 Å². The Labute approximate surface area is 200 Å². The average Bonchev–Trinajstić information content (AvgIpc) is 3.19. The van der Waals surface area contributed by atoms with Crippen LogP contribution in [0.4, 0.5) is 5.13 Å². The van der Waals surface area contributed by atoms with Crippen molar-refractivity contribution in [1.82, 2.24) is 9.88 Å². The summed E-state index contributed by atoms with van der Waals surface area (Å²) in [5, 5.41) is 0.720. The first-order valence-corrected chi connectivity index (χ1v) is 11.6. The second-order valence-corrected chi connectivity index (χ2v) is 9.03. The number of fused-ring (bicyclic) bond motifs is 1. The largest absolute Gasteiger partial charge is 0.497 e. The normalized spacial score (nSPS) is 14.3. The van der Waals surface area contributed by atoms with Crippen molar-refractivity contribution in [2.24, 2.45) is 0 Å².